The Kier molecular flexibility index (Phi) is 4.36. The van der Waals surface area contributed by atoms with Crippen LogP contribution in [0.1, 0.15) is 25.2 Å². The predicted molar refractivity (Wildman–Crippen MR) is 72.7 cm³/mol. The maximum Gasteiger partial charge on any atom is 0.191 e. The fourth-order valence-electron chi connectivity index (χ4n) is 2.03. The lowest BCUT2D eigenvalue weighted by molar-refractivity contribution is 0.00528. The third-order valence-electron chi connectivity index (χ3n) is 3.16. The number of hydrogen-bond acceptors (Lipinski definition) is 4. The number of hydrogen-bond donors (Lipinski definition) is 1. The smallest absolute Gasteiger partial charge is 0.191 e. The zero-order chi connectivity index (χ0) is 13.8. The highest BCUT2D eigenvalue weighted by Crippen LogP contribution is 2.06. The van der Waals surface area contributed by atoms with E-state index in [-0.39, 0.29) is 6.10 Å². The third kappa shape index (κ3) is 3.44. The first-order valence-corrected chi connectivity index (χ1v) is 6.67. The molecule has 0 aliphatic carbocycles. The summed E-state index contributed by atoms with van der Waals surface area (Å²) in [6.07, 6.45) is 0.199. The average molecular weight is 266 g/mol. The van der Waals surface area contributed by atoms with E-state index in [4.69, 9.17) is 10.5 Å². The summed E-state index contributed by atoms with van der Waals surface area (Å²) in [7, 11) is 0. The molecule has 2 N–H and O–H groups in total. The van der Waals surface area contributed by atoms with E-state index in [1.165, 1.54) is 0 Å². The number of ether oxygens (including phenoxy) is 1. The number of nitrogens with two attached hydrogens (primary N) is 1. The van der Waals surface area contributed by atoms with Gasteiger partial charge in [-0.15, -0.1) is 0 Å². The van der Waals surface area contributed by atoms with Crippen molar-refractivity contribution in [2.45, 2.75) is 40.0 Å². The summed E-state index contributed by atoms with van der Waals surface area (Å²) in [5.41, 5.74) is 7.80. The lowest BCUT2D eigenvalue weighted by atomic mass is 10.3. The Morgan fingerprint density at radius 2 is 2.32 bits per heavy atom. The SMILES string of the molecule is CCn1nc(C)c(CN=C(N)N2CCOC(C)C2)n1. The first-order chi connectivity index (χ1) is 9.10. The van der Waals surface area contributed by atoms with Crippen molar-refractivity contribution in [1.82, 2.24) is 19.9 Å². The number of rotatable bonds is 3. The van der Waals surface area contributed by atoms with Gasteiger partial charge < -0.3 is 15.4 Å². The maximum atomic E-state index is 6.01. The summed E-state index contributed by atoms with van der Waals surface area (Å²) in [4.78, 5) is 8.13. The largest absolute Gasteiger partial charge is 0.375 e. The predicted octanol–water partition coefficient (Wildman–Crippen LogP) is 0.142. The highest BCUT2D eigenvalue weighted by atomic mass is 16.5. The summed E-state index contributed by atoms with van der Waals surface area (Å²) in [5, 5.41) is 8.65. The molecule has 0 aromatic carbocycles. The molecule has 1 atom stereocenters. The molecule has 1 unspecified atom stereocenters. The molecule has 0 saturated carbocycles. The van der Waals surface area contributed by atoms with Gasteiger partial charge in [0.1, 0.15) is 5.69 Å². The summed E-state index contributed by atoms with van der Waals surface area (Å²) in [6, 6.07) is 0. The van der Waals surface area contributed by atoms with Gasteiger partial charge in [-0.05, 0) is 20.8 Å². The monoisotopic (exact) mass is 266 g/mol. The zero-order valence-electron chi connectivity index (χ0n) is 11.8. The van der Waals surface area contributed by atoms with Crippen LogP contribution in [0.5, 0.6) is 0 Å². The van der Waals surface area contributed by atoms with E-state index in [1.54, 1.807) is 4.80 Å². The molecule has 1 aromatic rings. The number of aliphatic imine (C=N–C) groups is 1. The van der Waals surface area contributed by atoms with Crippen molar-refractivity contribution in [3.05, 3.63) is 11.4 Å². The van der Waals surface area contributed by atoms with Crippen LogP contribution >= 0.6 is 0 Å². The quantitative estimate of drug-likeness (QED) is 0.622. The van der Waals surface area contributed by atoms with Crippen molar-refractivity contribution in [2.75, 3.05) is 19.7 Å². The van der Waals surface area contributed by atoms with Crippen molar-refractivity contribution in [3.63, 3.8) is 0 Å². The molecule has 7 heteroatoms. The summed E-state index contributed by atoms with van der Waals surface area (Å²) in [5.74, 6) is 0.556. The summed E-state index contributed by atoms with van der Waals surface area (Å²) >= 11 is 0. The Bertz CT molecular complexity index is 455. The number of aryl methyl sites for hydroxylation is 2. The normalized spacial score (nSPS) is 20.9. The summed E-state index contributed by atoms with van der Waals surface area (Å²) in [6.45, 7) is 9.51. The summed E-state index contributed by atoms with van der Waals surface area (Å²) < 4.78 is 5.48. The third-order valence-corrected chi connectivity index (χ3v) is 3.16. The van der Waals surface area contributed by atoms with Crippen molar-refractivity contribution in [3.8, 4) is 0 Å². The van der Waals surface area contributed by atoms with E-state index >= 15 is 0 Å². The van der Waals surface area contributed by atoms with Crippen LogP contribution in [-0.4, -0.2) is 51.7 Å². The van der Waals surface area contributed by atoms with E-state index in [1.807, 2.05) is 25.7 Å². The van der Waals surface area contributed by atoms with Crippen LogP contribution in [-0.2, 0) is 17.8 Å². The van der Waals surface area contributed by atoms with Gasteiger partial charge in [0.2, 0.25) is 0 Å². The van der Waals surface area contributed by atoms with Crippen LogP contribution in [0, 0.1) is 6.92 Å². The van der Waals surface area contributed by atoms with E-state index in [0.29, 0.717) is 19.1 Å². The minimum atomic E-state index is 0.199. The second-order valence-corrected chi connectivity index (χ2v) is 4.72. The maximum absolute atomic E-state index is 6.01. The second-order valence-electron chi connectivity index (χ2n) is 4.72. The number of aromatic nitrogens is 3. The first kappa shape index (κ1) is 13.8. The molecule has 1 saturated heterocycles. The molecule has 106 valence electrons. The fourth-order valence-corrected chi connectivity index (χ4v) is 2.03. The van der Waals surface area contributed by atoms with E-state index in [0.717, 1.165) is 31.0 Å². The van der Waals surface area contributed by atoms with Crippen LogP contribution in [0.3, 0.4) is 0 Å². The highest BCUT2D eigenvalue weighted by Gasteiger charge is 2.18. The molecule has 0 spiro atoms. The van der Waals surface area contributed by atoms with Crippen LogP contribution in [0.25, 0.3) is 0 Å². The molecule has 2 rings (SSSR count). The van der Waals surface area contributed by atoms with Gasteiger partial charge in [-0.1, -0.05) is 0 Å². The van der Waals surface area contributed by atoms with Crippen LogP contribution in [0.2, 0.25) is 0 Å². The number of morpholine rings is 1. The fraction of sp³-hybridized carbons (Fsp3) is 0.750. The Hall–Kier alpha value is -1.63. The van der Waals surface area contributed by atoms with Gasteiger partial charge in [-0.2, -0.15) is 15.0 Å². The molecular formula is C12H22N6O. The molecule has 1 fully saturated rings. The standard InChI is InChI=1S/C12H22N6O/c1-4-18-15-10(3)11(16-18)7-14-12(13)17-5-6-19-9(2)8-17/h9H,4-8H2,1-3H3,(H2,13,14). The van der Waals surface area contributed by atoms with Crippen molar-refractivity contribution in [2.24, 2.45) is 10.7 Å². The van der Waals surface area contributed by atoms with E-state index in [9.17, 15) is 0 Å². The van der Waals surface area contributed by atoms with Crippen LogP contribution < -0.4 is 5.73 Å². The molecule has 0 amide bonds. The lowest BCUT2D eigenvalue weighted by Gasteiger charge is -2.31. The number of nitrogens with zero attached hydrogens (tertiary/aromatic N) is 5. The minimum Gasteiger partial charge on any atom is -0.375 e. The van der Waals surface area contributed by atoms with Gasteiger partial charge in [0.15, 0.2) is 5.96 Å². The molecule has 1 aromatic heterocycles. The minimum absolute atomic E-state index is 0.199. The molecule has 0 radical (unpaired) electrons. The first-order valence-electron chi connectivity index (χ1n) is 6.67. The van der Waals surface area contributed by atoms with Gasteiger partial charge in [0.05, 0.1) is 31.5 Å². The molecular weight excluding hydrogens is 244 g/mol. The van der Waals surface area contributed by atoms with Gasteiger partial charge in [0, 0.05) is 13.1 Å². The second kappa shape index (κ2) is 6.01. The molecule has 0 bridgehead atoms. The van der Waals surface area contributed by atoms with Gasteiger partial charge >= 0.3 is 0 Å². The Labute approximate surface area is 113 Å². The average Bonchev–Trinajstić information content (AvgIpc) is 2.76. The van der Waals surface area contributed by atoms with Crippen LogP contribution in [0.4, 0.5) is 0 Å². The molecule has 7 nitrogen and oxygen atoms in total. The Balaban J connectivity index is 1.98. The van der Waals surface area contributed by atoms with Crippen molar-refractivity contribution in [1.29, 1.82) is 0 Å². The van der Waals surface area contributed by atoms with Gasteiger partial charge in [-0.3, -0.25) is 0 Å². The zero-order valence-corrected chi connectivity index (χ0v) is 11.8. The van der Waals surface area contributed by atoms with Gasteiger partial charge in [-0.25, -0.2) is 4.99 Å². The Morgan fingerprint density at radius 1 is 1.53 bits per heavy atom. The van der Waals surface area contributed by atoms with E-state index in [2.05, 4.69) is 15.2 Å². The van der Waals surface area contributed by atoms with Gasteiger partial charge in [0.25, 0.3) is 0 Å². The number of guanidine groups is 1. The lowest BCUT2D eigenvalue weighted by Crippen LogP contribution is -2.47. The highest BCUT2D eigenvalue weighted by molar-refractivity contribution is 5.78. The molecule has 19 heavy (non-hydrogen) atoms. The molecule has 2 heterocycles. The topological polar surface area (TPSA) is 81.6 Å². The molecule has 1 aliphatic heterocycles. The van der Waals surface area contributed by atoms with Crippen molar-refractivity contribution >= 4 is 5.96 Å². The van der Waals surface area contributed by atoms with Crippen molar-refractivity contribution < 1.29 is 4.74 Å². The van der Waals surface area contributed by atoms with E-state index < -0.39 is 0 Å². The Morgan fingerprint density at radius 3 is 2.95 bits per heavy atom. The van der Waals surface area contributed by atoms with Crippen LogP contribution in [0.15, 0.2) is 4.99 Å². The molecule has 1 aliphatic rings.